The van der Waals surface area contributed by atoms with E-state index in [1.807, 2.05) is 24.3 Å². The summed E-state index contributed by atoms with van der Waals surface area (Å²) in [6.07, 6.45) is 0. The summed E-state index contributed by atoms with van der Waals surface area (Å²) in [4.78, 5) is 17.9. The summed E-state index contributed by atoms with van der Waals surface area (Å²) in [5, 5.41) is 0.533. The second kappa shape index (κ2) is 5.37. The summed E-state index contributed by atoms with van der Waals surface area (Å²) in [6, 6.07) is 9.18. The number of nitrogens with zero attached hydrogens (tertiary/aromatic N) is 1. The molecule has 0 saturated heterocycles. The summed E-state index contributed by atoms with van der Waals surface area (Å²) < 4.78 is 1.04. The highest BCUT2D eigenvalue weighted by Crippen LogP contribution is 2.24. The van der Waals surface area contributed by atoms with Gasteiger partial charge in [0, 0.05) is 16.3 Å². The smallest absolute Gasteiger partial charge is 0.253 e. The standard InChI is InChI=1S/C11H10BrN3OS/c12-8-4-2-1-3-7(8)6-17-11-14-9(13)5-10(16)15-11/h1-5H,6H2,(H3,13,14,15,16). The van der Waals surface area contributed by atoms with E-state index in [4.69, 9.17) is 5.73 Å². The van der Waals surface area contributed by atoms with Gasteiger partial charge in [-0.15, -0.1) is 0 Å². The summed E-state index contributed by atoms with van der Waals surface area (Å²) in [5.74, 6) is 0.955. The minimum Gasteiger partial charge on any atom is -0.383 e. The molecule has 3 N–H and O–H groups in total. The third-order valence-corrected chi connectivity index (χ3v) is 3.76. The zero-order valence-corrected chi connectivity index (χ0v) is 11.2. The van der Waals surface area contributed by atoms with Crippen LogP contribution in [0.5, 0.6) is 0 Å². The van der Waals surface area contributed by atoms with Crippen LogP contribution in [0.15, 0.2) is 44.8 Å². The number of nitrogens with one attached hydrogen (secondary N) is 1. The van der Waals surface area contributed by atoms with Gasteiger partial charge in [-0.1, -0.05) is 45.9 Å². The van der Waals surface area contributed by atoms with Crippen molar-refractivity contribution in [1.29, 1.82) is 0 Å². The van der Waals surface area contributed by atoms with Crippen molar-refractivity contribution in [3.05, 3.63) is 50.7 Å². The molecule has 0 aliphatic heterocycles. The van der Waals surface area contributed by atoms with Crippen LogP contribution in [-0.4, -0.2) is 9.97 Å². The highest BCUT2D eigenvalue weighted by molar-refractivity contribution is 9.10. The van der Waals surface area contributed by atoms with Crippen molar-refractivity contribution in [1.82, 2.24) is 9.97 Å². The molecule has 0 fully saturated rings. The van der Waals surface area contributed by atoms with Crippen LogP contribution in [0.25, 0.3) is 0 Å². The highest BCUT2D eigenvalue weighted by Gasteiger charge is 2.03. The van der Waals surface area contributed by atoms with Crippen LogP contribution in [0.2, 0.25) is 0 Å². The van der Waals surface area contributed by atoms with Crippen LogP contribution in [0, 0.1) is 0 Å². The fourth-order valence-corrected chi connectivity index (χ4v) is 2.78. The molecule has 0 atom stereocenters. The molecule has 88 valence electrons. The number of aromatic amines is 1. The van der Waals surface area contributed by atoms with E-state index in [0.29, 0.717) is 10.9 Å². The predicted molar refractivity (Wildman–Crippen MR) is 73.0 cm³/mol. The van der Waals surface area contributed by atoms with Gasteiger partial charge in [0.25, 0.3) is 5.56 Å². The van der Waals surface area contributed by atoms with Crippen molar-refractivity contribution in [2.24, 2.45) is 0 Å². The van der Waals surface area contributed by atoms with Crippen molar-refractivity contribution < 1.29 is 0 Å². The molecule has 6 heteroatoms. The Morgan fingerprint density at radius 1 is 1.41 bits per heavy atom. The van der Waals surface area contributed by atoms with Crippen molar-refractivity contribution in [3.8, 4) is 0 Å². The maximum absolute atomic E-state index is 11.2. The third-order valence-electron chi connectivity index (χ3n) is 2.06. The Bertz CT molecular complexity index is 585. The van der Waals surface area contributed by atoms with Gasteiger partial charge in [-0.05, 0) is 11.6 Å². The van der Waals surface area contributed by atoms with Gasteiger partial charge < -0.3 is 10.7 Å². The lowest BCUT2D eigenvalue weighted by Gasteiger charge is -2.03. The average molecular weight is 312 g/mol. The van der Waals surface area contributed by atoms with E-state index in [9.17, 15) is 4.79 Å². The van der Waals surface area contributed by atoms with E-state index >= 15 is 0 Å². The lowest BCUT2D eigenvalue weighted by molar-refractivity contribution is 0.945. The lowest BCUT2D eigenvalue weighted by atomic mass is 10.2. The second-order valence-corrected chi connectivity index (χ2v) is 5.17. The van der Waals surface area contributed by atoms with Gasteiger partial charge in [0.1, 0.15) is 5.82 Å². The first-order chi connectivity index (χ1) is 8.15. The SMILES string of the molecule is Nc1cc(=O)[nH]c(SCc2ccccc2Br)n1. The number of anilines is 1. The summed E-state index contributed by atoms with van der Waals surface area (Å²) in [7, 11) is 0. The lowest BCUT2D eigenvalue weighted by Crippen LogP contribution is -2.09. The largest absolute Gasteiger partial charge is 0.383 e. The molecule has 4 nitrogen and oxygen atoms in total. The first-order valence-corrected chi connectivity index (χ1v) is 6.66. The van der Waals surface area contributed by atoms with Crippen LogP contribution in [-0.2, 0) is 5.75 Å². The first kappa shape index (κ1) is 12.2. The van der Waals surface area contributed by atoms with E-state index in [1.54, 1.807) is 0 Å². The minimum atomic E-state index is -0.230. The molecular weight excluding hydrogens is 302 g/mol. The number of nitrogens with two attached hydrogens (primary N) is 1. The van der Waals surface area contributed by atoms with Crippen molar-refractivity contribution in [3.63, 3.8) is 0 Å². The summed E-state index contributed by atoms with van der Waals surface area (Å²) in [5.41, 5.74) is 6.42. The first-order valence-electron chi connectivity index (χ1n) is 4.88. The van der Waals surface area contributed by atoms with E-state index in [1.165, 1.54) is 17.8 Å². The van der Waals surface area contributed by atoms with Crippen LogP contribution in [0.4, 0.5) is 5.82 Å². The molecule has 17 heavy (non-hydrogen) atoms. The molecule has 0 saturated carbocycles. The van der Waals surface area contributed by atoms with E-state index in [2.05, 4.69) is 25.9 Å². The zero-order chi connectivity index (χ0) is 12.3. The van der Waals surface area contributed by atoms with Crippen LogP contribution in [0.1, 0.15) is 5.56 Å². The Labute approximate surface area is 111 Å². The Hall–Kier alpha value is -1.27. The van der Waals surface area contributed by atoms with Gasteiger partial charge in [-0.25, -0.2) is 4.98 Å². The summed E-state index contributed by atoms with van der Waals surface area (Å²) >= 11 is 4.91. The number of halogens is 1. The number of thioether (sulfide) groups is 1. The maximum atomic E-state index is 11.2. The van der Waals surface area contributed by atoms with Crippen LogP contribution < -0.4 is 11.3 Å². The normalized spacial score (nSPS) is 10.4. The Morgan fingerprint density at radius 3 is 2.88 bits per heavy atom. The van der Waals surface area contributed by atoms with Gasteiger partial charge in [-0.2, -0.15) is 0 Å². The number of rotatable bonds is 3. The molecule has 1 aromatic heterocycles. The number of hydrogen-bond acceptors (Lipinski definition) is 4. The molecule has 0 aliphatic carbocycles. The molecule has 0 bridgehead atoms. The van der Waals surface area contributed by atoms with Gasteiger partial charge >= 0.3 is 0 Å². The third kappa shape index (κ3) is 3.34. The summed E-state index contributed by atoms with van der Waals surface area (Å²) in [6.45, 7) is 0. The van der Waals surface area contributed by atoms with E-state index in [-0.39, 0.29) is 11.4 Å². The van der Waals surface area contributed by atoms with Crippen molar-refractivity contribution in [2.75, 3.05) is 5.73 Å². The number of benzene rings is 1. The van der Waals surface area contributed by atoms with Crippen molar-refractivity contribution in [2.45, 2.75) is 10.9 Å². The molecule has 2 rings (SSSR count). The average Bonchev–Trinajstić information content (AvgIpc) is 2.27. The van der Waals surface area contributed by atoms with Crippen LogP contribution in [0.3, 0.4) is 0 Å². The second-order valence-electron chi connectivity index (χ2n) is 3.36. The van der Waals surface area contributed by atoms with Gasteiger partial charge in [0.15, 0.2) is 5.16 Å². The Kier molecular flexibility index (Phi) is 3.86. The maximum Gasteiger partial charge on any atom is 0.253 e. The number of aromatic nitrogens is 2. The number of nitrogen functional groups attached to an aromatic ring is 1. The van der Waals surface area contributed by atoms with Crippen LogP contribution >= 0.6 is 27.7 Å². The van der Waals surface area contributed by atoms with E-state index < -0.39 is 0 Å². The molecular formula is C11H10BrN3OS. The fraction of sp³-hybridized carbons (Fsp3) is 0.0909. The fourth-order valence-electron chi connectivity index (χ4n) is 1.28. The topological polar surface area (TPSA) is 71.8 Å². The van der Waals surface area contributed by atoms with Gasteiger partial charge in [-0.3, -0.25) is 4.79 Å². The molecule has 0 spiro atoms. The molecule has 0 aliphatic rings. The Balaban J connectivity index is 2.13. The molecule has 0 unspecified atom stereocenters. The molecule has 0 radical (unpaired) electrons. The molecule has 1 heterocycles. The zero-order valence-electron chi connectivity index (χ0n) is 8.81. The quantitative estimate of drug-likeness (QED) is 0.674. The van der Waals surface area contributed by atoms with Crippen molar-refractivity contribution >= 4 is 33.5 Å². The monoisotopic (exact) mass is 311 g/mol. The molecule has 0 amide bonds. The number of hydrogen-bond donors (Lipinski definition) is 2. The van der Waals surface area contributed by atoms with Gasteiger partial charge in [0.05, 0.1) is 0 Å². The predicted octanol–water partition coefficient (Wildman–Crippen LogP) is 2.41. The minimum absolute atomic E-state index is 0.230. The Morgan fingerprint density at radius 2 is 2.18 bits per heavy atom. The molecule has 1 aromatic carbocycles. The highest BCUT2D eigenvalue weighted by atomic mass is 79.9. The van der Waals surface area contributed by atoms with E-state index in [0.717, 1.165) is 10.0 Å². The number of H-pyrrole nitrogens is 1. The molecule has 2 aromatic rings. The van der Waals surface area contributed by atoms with Gasteiger partial charge in [0.2, 0.25) is 0 Å².